The summed E-state index contributed by atoms with van der Waals surface area (Å²) in [5.74, 6) is -0.512. The molecule has 0 aromatic heterocycles. The maximum Gasteiger partial charge on any atom is 0.235 e. The van der Waals surface area contributed by atoms with Crippen LogP contribution in [0, 0.1) is 5.82 Å². The van der Waals surface area contributed by atoms with Gasteiger partial charge in [-0.15, -0.1) is 0 Å². The van der Waals surface area contributed by atoms with Crippen LogP contribution in [0.2, 0.25) is 5.02 Å². The molecule has 0 atom stereocenters. The predicted octanol–water partition coefficient (Wildman–Crippen LogP) is 3.57. The summed E-state index contributed by atoms with van der Waals surface area (Å²) in [7, 11) is 0. The lowest BCUT2D eigenvalue weighted by Crippen LogP contribution is -2.04. The van der Waals surface area contributed by atoms with Crippen molar-refractivity contribution in [2.45, 2.75) is 18.4 Å². The molecule has 1 aromatic carbocycles. The summed E-state index contributed by atoms with van der Waals surface area (Å²) in [6, 6.07) is 3.15. The summed E-state index contributed by atoms with van der Waals surface area (Å²) < 4.78 is 13.8. The Labute approximate surface area is 99.3 Å². The summed E-state index contributed by atoms with van der Waals surface area (Å²) in [4.78, 5) is 14.0. The Morgan fingerprint density at radius 1 is 1.53 bits per heavy atom. The van der Waals surface area contributed by atoms with Crippen molar-refractivity contribution in [2.24, 2.45) is 4.99 Å². The molecule has 1 fully saturated rings. The van der Waals surface area contributed by atoms with Gasteiger partial charge in [0.05, 0.1) is 15.0 Å². The van der Waals surface area contributed by atoms with E-state index in [0.29, 0.717) is 5.56 Å². The minimum atomic E-state index is -0.577. The highest BCUT2D eigenvalue weighted by atomic mass is 79.9. The molecule has 1 aliphatic rings. The van der Waals surface area contributed by atoms with Gasteiger partial charge in [0.2, 0.25) is 6.08 Å². The molecule has 15 heavy (non-hydrogen) atoms. The number of aliphatic imine (C=N–C) groups is 1. The van der Waals surface area contributed by atoms with E-state index in [-0.39, 0.29) is 9.50 Å². The van der Waals surface area contributed by atoms with E-state index >= 15 is 0 Å². The van der Waals surface area contributed by atoms with Gasteiger partial charge in [-0.3, -0.25) is 0 Å². The second-order valence-corrected chi connectivity index (χ2v) is 4.66. The Kier molecular flexibility index (Phi) is 2.67. The van der Waals surface area contributed by atoms with Crippen molar-refractivity contribution in [3.05, 3.63) is 33.0 Å². The first-order valence-corrected chi connectivity index (χ1v) is 5.51. The summed E-state index contributed by atoms with van der Waals surface area (Å²) >= 11 is 8.75. The van der Waals surface area contributed by atoms with Crippen molar-refractivity contribution in [1.29, 1.82) is 0 Å². The quantitative estimate of drug-likeness (QED) is 0.465. The third kappa shape index (κ3) is 1.73. The normalized spacial score (nSPS) is 17.0. The molecule has 0 heterocycles. The van der Waals surface area contributed by atoms with E-state index < -0.39 is 11.4 Å². The van der Waals surface area contributed by atoms with Gasteiger partial charge in [0.15, 0.2) is 5.82 Å². The van der Waals surface area contributed by atoms with Crippen molar-refractivity contribution >= 4 is 33.6 Å². The van der Waals surface area contributed by atoms with Crippen molar-refractivity contribution in [3.63, 3.8) is 0 Å². The van der Waals surface area contributed by atoms with E-state index in [1.807, 2.05) is 0 Å². The number of isocyanates is 1. The van der Waals surface area contributed by atoms with Crippen LogP contribution >= 0.6 is 27.5 Å². The fourth-order valence-corrected chi connectivity index (χ4v) is 2.52. The molecular formula is C10H6BrClFNO. The van der Waals surface area contributed by atoms with Crippen molar-refractivity contribution in [1.82, 2.24) is 0 Å². The van der Waals surface area contributed by atoms with Gasteiger partial charge in [-0.1, -0.05) is 17.7 Å². The zero-order valence-electron chi connectivity index (χ0n) is 7.56. The lowest BCUT2D eigenvalue weighted by molar-refractivity contribution is 0.555. The van der Waals surface area contributed by atoms with E-state index in [2.05, 4.69) is 20.9 Å². The molecule has 0 N–H and O–H groups in total. The standard InChI is InChI=1S/C10H6BrClFNO/c11-8-6(1-2-7(12)9(8)13)10(3-4-10)14-5-15/h1-2H,3-4H2. The monoisotopic (exact) mass is 289 g/mol. The van der Waals surface area contributed by atoms with E-state index in [0.717, 1.165) is 12.8 Å². The molecule has 0 bridgehead atoms. The molecule has 0 saturated heterocycles. The zero-order valence-corrected chi connectivity index (χ0v) is 9.90. The molecule has 0 spiro atoms. The number of benzene rings is 1. The second kappa shape index (κ2) is 3.71. The summed E-state index contributed by atoms with van der Waals surface area (Å²) in [5, 5.41) is 0.0523. The predicted molar refractivity (Wildman–Crippen MR) is 58.1 cm³/mol. The molecule has 5 heteroatoms. The Morgan fingerprint density at radius 2 is 2.20 bits per heavy atom. The molecule has 1 aromatic rings. The highest BCUT2D eigenvalue weighted by molar-refractivity contribution is 9.10. The molecule has 0 aliphatic heterocycles. The summed E-state index contributed by atoms with van der Waals surface area (Å²) in [6.45, 7) is 0. The van der Waals surface area contributed by atoms with Crippen LogP contribution in [0.15, 0.2) is 21.6 Å². The van der Waals surface area contributed by atoms with Gasteiger partial charge >= 0.3 is 0 Å². The van der Waals surface area contributed by atoms with Gasteiger partial charge in [-0.05, 0) is 40.4 Å². The highest BCUT2D eigenvalue weighted by Gasteiger charge is 2.46. The van der Waals surface area contributed by atoms with Crippen LogP contribution in [0.4, 0.5) is 4.39 Å². The molecule has 2 nitrogen and oxygen atoms in total. The van der Waals surface area contributed by atoms with Crippen LogP contribution < -0.4 is 0 Å². The third-order valence-corrected chi connectivity index (χ3v) is 3.59. The summed E-state index contributed by atoms with van der Waals surface area (Å²) in [6.07, 6.45) is 3.01. The number of halogens is 3. The molecule has 0 radical (unpaired) electrons. The van der Waals surface area contributed by atoms with E-state index in [9.17, 15) is 9.18 Å². The Balaban J connectivity index is 2.55. The van der Waals surface area contributed by atoms with E-state index in [1.54, 1.807) is 6.07 Å². The summed E-state index contributed by atoms with van der Waals surface area (Å²) in [5.41, 5.74) is 0.0826. The van der Waals surface area contributed by atoms with Gasteiger partial charge in [-0.25, -0.2) is 9.18 Å². The molecular weight excluding hydrogens is 284 g/mol. The van der Waals surface area contributed by atoms with Crippen LogP contribution in [-0.2, 0) is 10.3 Å². The number of rotatable bonds is 2. The molecule has 1 saturated carbocycles. The minimum Gasteiger partial charge on any atom is -0.211 e. The number of hydrogen-bond acceptors (Lipinski definition) is 2. The molecule has 1 aliphatic carbocycles. The lowest BCUT2D eigenvalue weighted by Gasteiger charge is -2.11. The fraction of sp³-hybridized carbons (Fsp3) is 0.300. The molecule has 2 rings (SSSR count). The lowest BCUT2D eigenvalue weighted by atomic mass is 10.1. The second-order valence-electron chi connectivity index (χ2n) is 3.46. The number of carbonyl (C=O) groups excluding carboxylic acids is 1. The maximum atomic E-state index is 13.5. The highest BCUT2D eigenvalue weighted by Crippen LogP contribution is 2.52. The van der Waals surface area contributed by atoms with E-state index in [1.165, 1.54) is 12.1 Å². The van der Waals surface area contributed by atoms with Crippen LogP contribution in [0.5, 0.6) is 0 Å². The molecule has 78 valence electrons. The maximum absolute atomic E-state index is 13.5. The first-order valence-electron chi connectivity index (χ1n) is 4.34. The van der Waals surface area contributed by atoms with Gasteiger partial charge in [0.1, 0.15) is 0 Å². The first kappa shape index (κ1) is 10.8. The number of hydrogen-bond donors (Lipinski definition) is 0. The Bertz CT molecular complexity index is 467. The van der Waals surface area contributed by atoms with Crippen LogP contribution in [0.1, 0.15) is 18.4 Å². The Morgan fingerprint density at radius 3 is 2.73 bits per heavy atom. The van der Waals surface area contributed by atoms with Crippen LogP contribution in [-0.4, -0.2) is 6.08 Å². The van der Waals surface area contributed by atoms with E-state index in [4.69, 9.17) is 11.6 Å². The average molecular weight is 291 g/mol. The van der Waals surface area contributed by atoms with Gasteiger partial charge < -0.3 is 0 Å². The van der Waals surface area contributed by atoms with Crippen molar-refractivity contribution in [3.8, 4) is 0 Å². The largest absolute Gasteiger partial charge is 0.235 e. The van der Waals surface area contributed by atoms with Crippen LogP contribution in [0.25, 0.3) is 0 Å². The average Bonchev–Trinajstić information content (AvgIpc) is 2.96. The third-order valence-electron chi connectivity index (χ3n) is 2.52. The van der Waals surface area contributed by atoms with Crippen LogP contribution in [0.3, 0.4) is 0 Å². The first-order chi connectivity index (χ1) is 7.10. The molecule has 0 amide bonds. The zero-order chi connectivity index (χ0) is 11.1. The molecule has 0 unspecified atom stereocenters. The van der Waals surface area contributed by atoms with Gasteiger partial charge in [0, 0.05) is 0 Å². The topological polar surface area (TPSA) is 29.4 Å². The number of nitrogens with zero attached hydrogens (tertiary/aromatic N) is 1. The smallest absolute Gasteiger partial charge is 0.211 e. The van der Waals surface area contributed by atoms with Crippen molar-refractivity contribution < 1.29 is 9.18 Å². The SMILES string of the molecule is O=C=NC1(c2ccc(Cl)c(F)c2Br)CC1. The van der Waals surface area contributed by atoms with Crippen molar-refractivity contribution in [2.75, 3.05) is 0 Å². The minimum absolute atomic E-state index is 0.0523. The Hall–Kier alpha value is -0.700. The fourth-order valence-electron chi connectivity index (χ4n) is 1.53. The van der Waals surface area contributed by atoms with Gasteiger partial charge in [0.25, 0.3) is 0 Å². The van der Waals surface area contributed by atoms with Gasteiger partial charge in [-0.2, -0.15) is 4.99 Å².